The first kappa shape index (κ1) is 8.26. The summed E-state index contributed by atoms with van der Waals surface area (Å²) >= 11 is 0. The molecule has 0 aromatic rings. The van der Waals surface area contributed by atoms with Gasteiger partial charge in [-0.05, 0) is 0 Å². The van der Waals surface area contributed by atoms with Crippen molar-refractivity contribution in [3.05, 3.63) is 11.4 Å². The van der Waals surface area contributed by atoms with E-state index >= 15 is 0 Å². The number of nitrogens with two attached hydrogens (primary N) is 3. The van der Waals surface area contributed by atoms with Gasteiger partial charge in [0.25, 0.3) is 5.91 Å². The van der Waals surface area contributed by atoms with Crippen molar-refractivity contribution in [3.63, 3.8) is 0 Å². The monoisotopic (exact) mass is 141 g/mol. The predicted molar refractivity (Wildman–Crippen MR) is 33.3 cm³/mol. The molecule has 0 heterocycles. The first-order valence-corrected chi connectivity index (χ1v) is 2.29. The Bertz CT molecular complexity index is 212. The Morgan fingerprint density at radius 3 is 2.10 bits per heavy atom. The number of rotatable bonds is 2. The molecule has 0 aromatic heterocycles. The molecular weight excluding hydrogens is 134 g/mol. The zero-order valence-electron chi connectivity index (χ0n) is 5.09. The third-order valence-electron chi connectivity index (χ3n) is 0.783. The van der Waals surface area contributed by atoms with E-state index < -0.39 is 5.91 Å². The van der Waals surface area contributed by atoms with E-state index in [9.17, 15) is 4.79 Å². The molecular formula is C4H7N5O. The average Bonchev–Trinajstić information content (AvgIpc) is 1.88. The second kappa shape index (κ2) is 3.32. The van der Waals surface area contributed by atoms with Crippen molar-refractivity contribution in [2.45, 2.75) is 0 Å². The summed E-state index contributed by atoms with van der Waals surface area (Å²) in [6.07, 6.45) is 0. The highest BCUT2D eigenvalue weighted by molar-refractivity contribution is 5.96. The maximum Gasteiger partial charge on any atom is 0.263 e. The van der Waals surface area contributed by atoms with Gasteiger partial charge in [0.2, 0.25) is 0 Å². The summed E-state index contributed by atoms with van der Waals surface area (Å²) in [7, 11) is 0. The molecule has 0 bridgehead atoms. The van der Waals surface area contributed by atoms with Crippen LogP contribution in [0.15, 0.2) is 11.4 Å². The van der Waals surface area contributed by atoms with Crippen LogP contribution in [0.1, 0.15) is 0 Å². The van der Waals surface area contributed by atoms with E-state index in [4.69, 9.17) is 22.6 Å². The molecule has 0 atom stereocenters. The van der Waals surface area contributed by atoms with Crippen LogP contribution >= 0.6 is 0 Å². The normalized spacial score (nSPS) is 11.2. The summed E-state index contributed by atoms with van der Waals surface area (Å²) in [5.41, 5.74) is 11.3. The minimum atomic E-state index is -0.905. The summed E-state index contributed by atoms with van der Waals surface area (Å²) in [5, 5.41) is 8.21. The molecule has 0 spiro atoms. The quantitative estimate of drug-likeness (QED) is 0.148. The van der Waals surface area contributed by atoms with E-state index in [1.165, 1.54) is 6.07 Å². The van der Waals surface area contributed by atoms with Gasteiger partial charge in [-0.25, -0.2) is 5.84 Å². The number of amides is 1. The molecule has 0 unspecified atom stereocenters. The maximum absolute atomic E-state index is 10.3. The zero-order valence-corrected chi connectivity index (χ0v) is 5.09. The van der Waals surface area contributed by atoms with Crippen LogP contribution in [0, 0.1) is 11.3 Å². The van der Waals surface area contributed by atoms with Crippen molar-refractivity contribution in [1.29, 1.82) is 5.26 Å². The van der Waals surface area contributed by atoms with Crippen LogP contribution in [0.25, 0.3) is 0 Å². The summed E-state index contributed by atoms with van der Waals surface area (Å²) in [6, 6.07) is 1.49. The van der Waals surface area contributed by atoms with Gasteiger partial charge in [-0.2, -0.15) is 5.26 Å². The van der Waals surface area contributed by atoms with Gasteiger partial charge in [0.1, 0.15) is 11.9 Å². The first-order chi connectivity index (χ1) is 4.63. The highest BCUT2D eigenvalue weighted by Crippen LogP contribution is 1.90. The Morgan fingerprint density at radius 1 is 1.50 bits per heavy atom. The number of primary amides is 1. The Balaban J connectivity index is 4.68. The molecule has 54 valence electrons. The molecule has 0 saturated carbocycles. The highest BCUT2D eigenvalue weighted by atomic mass is 16.1. The number of carbonyl (C=O) groups is 1. The third kappa shape index (κ3) is 1.65. The predicted octanol–water partition coefficient (Wildman–Crippen LogP) is -2.37. The maximum atomic E-state index is 10.3. The number of carbonyl (C=O) groups excluding carboxylic acids is 1. The Hall–Kier alpha value is -1.74. The van der Waals surface area contributed by atoms with Crippen LogP contribution < -0.4 is 22.7 Å². The lowest BCUT2D eigenvalue weighted by atomic mass is 10.3. The van der Waals surface area contributed by atoms with Crippen LogP contribution in [0.5, 0.6) is 0 Å². The second-order valence-electron chi connectivity index (χ2n) is 1.41. The number of hydrazine groups is 1. The Kier molecular flexibility index (Phi) is 2.74. The van der Waals surface area contributed by atoms with Gasteiger partial charge < -0.3 is 16.9 Å². The fourth-order valence-electron chi connectivity index (χ4n) is 0.320. The van der Waals surface area contributed by atoms with Crippen LogP contribution in [-0.2, 0) is 4.79 Å². The van der Waals surface area contributed by atoms with E-state index in [1.807, 2.05) is 5.43 Å². The topological polar surface area (TPSA) is 131 Å². The molecule has 0 radical (unpaired) electrons. The van der Waals surface area contributed by atoms with Gasteiger partial charge in [-0.1, -0.05) is 0 Å². The van der Waals surface area contributed by atoms with Gasteiger partial charge in [-0.3, -0.25) is 4.79 Å². The molecule has 6 heteroatoms. The number of hydrogen-bond acceptors (Lipinski definition) is 5. The largest absolute Gasteiger partial charge is 0.383 e. The van der Waals surface area contributed by atoms with Crippen molar-refractivity contribution in [2.24, 2.45) is 17.3 Å². The van der Waals surface area contributed by atoms with Crippen LogP contribution in [0.3, 0.4) is 0 Å². The molecule has 0 aliphatic rings. The molecule has 0 rings (SSSR count). The van der Waals surface area contributed by atoms with E-state index in [0.717, 1.165) is 0 Å². The molecule has 0 fully saturated rings. The van der Waals surface area contributed by atoms with Crippen molar-refractivity contribution in [1.82, 2.24) is 5.43 Å². The summed E-state index contributed by atoms with van der Waals surface area (Å²) in [6.45, 7) is 0. The van der Waals surface area contributed by atoms with E-state index in [0.29, 0.717) is 0 Å². The third-order valence-corrected chi connectivity index (χ3v) is 0.783. The lowest BCUT2D eigenvalue weighted by Crippen LogP contribution is -2.31. The van der Waals surface area contributed by atoms with Crippen molar-refractivity contribution in [2.75, 3.05) is 0 Å². The van der Waals surface area contributed by atoms with Gasteiger partial charge in [-0.15, -0.1) is 0 Å². The molecule has 0 saturated heterocycles. The van der Waals surface area contributed by atoms with Gasteiger partial charge in [0.15, 0.2) is 5.57 Å². The highest BCUT2D eigenvalue weighted by Gasteiger charge is 2.07. The number of hydrogen-bond donors (Lipinski definition) is 4. The molecule has 0 aliphatic carbocycles. The van der Waals surface area contributed by atoms with Gasteiger partial charge in [0.05, 0.1) is 0 Å². The minimum Gasteiger partial charge on any atom is -0.383 e. The fourth-order valence-corrected chi connectivity index (χ4v) is 0.320. The first-order valence-electron chi connectivity index (χ1n) is 2.29. The van der Waals surface area contributed by atoms with Crippen molar-refractivity contribution < 1.29 is 4.79 Å². The number of nitrogens with one attached hydrogen (secondary N) is 1. The Labute approximate surface area is 57.2 Å². The summed E-state index contributed by atoms with van der Waals surface area (Å²) in [4.78, 5) is 10.3. The number of nitriles is 1. The van der Waals surface area contributed by atoms with E-state index in [-0.39, 0.29) is 11.4 Å². The molecule has 6 nitrogen and oxygen atoms in total. The standard InChI is InChI=1S/C4H7N5O/c5-1-2(4(7)10)3(6)9-8/h9H,6,8H2,(H2,7,10)/b3-2+. The second-order valence-corrected chi connectivity index (χ2v) is 1.41. The van der Waals surface area contributed by atoms with Crippen molar-refractivity contribution >= 4 is 5.91 Å². The molecule has 7 N–H and O–H groups in total. The van der Waals surface area contributed by atoms with E-state index in [1.54, 1.807) is 0 Å². The molecule has 10 heavy (non-hydrogen) atoms. The SMILES string of the molecule is N#C/C(C(N)=O)=C(/N)NN. The van der Waals surface area contributed by atoms with Gasteiger partial charge >= 0.3 is 0 Å². The smallest absolute Gasteiger partial charge is 0.263 e. The van der Waals surface area contributed by atoms with E-state index in [2.05, 4.69) is 0 Å². The van der Waals surface area contributed by atoms with Crippen LogP contribution in [-0.4, -0.2) is 5.91 Å². The van der Waals surface area contributed by atoms with Crippen LogP contribution in [0.4, 0.5) is 0 Å². The minimum absolute atomic E-state index is 0.227. The Morgan fingerprint density at radius 2 is 2.00 bits per heavy atom. The fraction of sp³-hybridized carbons (Fsp3) is 0. The lowest BCUT2D eigenvalue weighted by molar-refractivity contribution is -0.114. The summed E-state index contributed by atoms with van der Waals surface area (Å²) < 4.78 is 0. The molecule has 1 amide bonds. The average molecular weight is 141 g/mol. The molecule has 0 aromatic carbocycles. The van der Waals surface area contributed by atoms with Crippen molar-refractivity contribution in [3.8, 4) is 6.07 Å². The van der Waals surface area contributed by atoms with Gasteiger partial charge in [0, 0.05) is 0 Å². The lowest BCUT2D eigenvalue weighted by Gasteiger charge is -1.98. The zero-order chi connectivity index (χ0) is 8.15. The number of nitrogens with zero attached hydrogens (tertiary/aromatic N) is 1. The molecule has 0 aliphatic heterocycles. The summed E-state index contributed by atoms with van der Waals surface area (Å²) in [5.74, 6) is 3.66. The van der Waals surface area contributed by atoms with Crippen LogP contribution in [0.2, 0.25) is 0 Å².